The van der Waals surface area contributed by atoms with Crippen LogP contribution >= 0.6 is 0 Å². The third-order valence-electron chi connectivity index (χ3n) is 7.28. The van der Waals surface area contributed by atoms with Crippen molar-refractivity contribution in [2.45, 2.75) is 13.0 Å². The number of rotatable bonds is 7. The molecule has 1 atom stereocenters. The summed E-state index contributed by atoms with van der Waals surface area (Å²) in [5, 5.41) is 8.15. The molecule has 1 unspecified atom stereocenters. The largest absolute Gasteiger partial charge is 0.382 e. The Labute approximate surface area is 275 Å². The molecule has 0 aliphatic rings. The van der Waals surface area contributed by atoms with Crippen molar-refractivity contribution in [3.05, 3.63) is 125 Å². The van der Waals surface area contributed by atoms with E-state index in [4.69, 9.17) is 5.73 Å². The molecule has 0 aliphatic carbocycles. The highest BCUT2D eigenvalue weighted by atomic mass is 32.2. The number of carbonyl (C=O) groups is 1. The molecule has 2 aromatic carbocycles. The Balaban J connectivity index is 1.38. The van der Waals surface area contributed by atoms with Gasteiger partial charge in [-0.15, -0.1) is 0 Å². The van der Waals surface area contributed by atoms with E-state index in [1.54, 1.807) is 41.7 Å². The van der Waals surface area contributed by atoms with Crippen molar-refractivity contribution in [3.8, 4) is 28.8 Å². The Kier molecular flexibility index (Phi) is 8.45. The summed E-state index contributed by atoms with van der Waals surface area (Å²) in [5.41, 5.74) is 8.90. The highest BCUT2D eigenvalue weighted by molar-refractivity contribution is 7.92. The first-order chi connectivity index (χ1) is 23.0. The Morgan fingerprint density at radius 3 is 2.52 bits per heavy atom. The van der Waals surface area contributed by atoms with Gasteiger partial charge in [-0.25, -0.2) is 18.4 Å². The summed E-state index contributed by atoms with van der Waals surface area (Å²) in [7, 11) is -1.74. The van der Waals surface area contributed by atoms with Crippen molar-refractivity contribution in [2.24, 2.45) is 7.05 Å². The maximum atomic E-state index is 14.3. The Morgan fingerprint density at radius 1 is 1.00 bits per heavy atom. The standard InChI is InChI=1S/C34H29N9O4S/c1-21(39-33(44)31-32(35)37-19-28(40-31)25-14-26(18-36-17-25)41-48(3,46)47)29-15-24-9-7-8-23(13-12-22-16-38-42(2)20-22)30(24)34(45)43(29)27-10-5-4-6-11-27/h4-11,14-21,41H,1-3H3,(H2,35,37)(H,39,44). The van der Waals surface area contributed by atoms with Crippen LogP contribution in [0.1, 0.15) is 40.3 Å². The van der Waals surface area contributed by atoms with Gasteiger partial charge in [0, 0.05) is 41.9 Å². The fourth-order valence-electron chi connectivity index (χ4n) is 5.17. The lowest BCUT2D eigenvalue weighted by Crippen LogP contribution is -2.33. The monoisotopic (exact) mass is 659 g/mol. The van der Waals surface area contributed by atoms with Gasteiger partial charge in [-0.2, -0.15) is 5.10 Å². The van der Waals surface area contributed by atoms with Crippen molar-refractivity contribution in [3.63, 3.8) is 0 Å². The minimum Gasteiger partial charge on any atom is -0.382 e. The SMILES string of the molecule is CC(NC(=O)c1nc(-c2cncc(NS(C)(=O)=O)c2)cnc1N)c1cc2cccc(C#Cc3cnn(C)c3)c2c(=O)n1-c1ccccc1. The molecule has 48 heavy (non-hydrogen) atoms. The molecule has 0 aliphatic heterocycles. The van der Waals surface area contributed by atoms with E-state index in [2.05, 4.69) is 41.9 Å². The lowest BCUT2D eigenvalue weighted by atomic mass is 10.0. The number of sulfonamides is 1. The lowest BCUT2D eigenvalue weighted by molar-refractivity contribution is 0.0934. The summed E-state index contributed by atoms with van der Waals surface area (Å²) in [6, 6.07) is 17.2. The smallest absolute Gasteiger partial charge is 0.274 e. The normalized spacial score (nSPS) is 11.8. The summed E-state index contributed by atoms with van der Waals surface area (Å²) in [6.07, 6.45) is 8.63. The number of nitrogen functional groups attached to an aromatic ring is 1. The van der Waals surface area contributed by atoms with Crippen LogP contribution in [0.4, 0.5) is 11.5 Å². The van der Waals surface area contributed by atoms with E-state index in [0.29, 0.717) is 38.8 Å². The minimum absolute atomic E-state index is 0.113. The lowest BCUT2D eigenvalue weighted by Gasteiger charge is -2.21. The predicted octanol–water partition coefficient (Wildman–Crippen LogP) is 3.42. The van der Waals surface area contributed by atoms with E-state index in [1.165, 1.54) is 24.7 Å². The number of nitrogens with two attached hydrogens (primary N) is 1. The molecule has 4 heterocycles. The van der Waals surface area contributed by atoms with Gasteiger partial charge in [0.15, 0.2) is 11.5 Å². The third kappa shape index (κ3) is 6.76. The van der Waals surface area contributed by atoms with Crippen molar-refractivity contribution < 1.29 is 13.2 Å². The van der Waals surface area contributed by atoms with Crippen LogP contribution < -0.4 is 21.3 Å². The number of carbonyl (C=O) groups excluding carboxylic acids is 1. The van der Waals surface area contributed by atoms with Crippen LogP contribution in [0.3, 0.4) is 0 Å². The Bertz CT molecular complexity index is 2430. The quantitative estimate of drug-likeness (QED) is 0.217. The second-order valence-corrected chi connectivity index (χ2v) is 12.7. The van der Waals surface area contributed by atoms with Gasteiger partial charge in [0.25, 0.3) is 11.5 Å². The van der Waals surface area contributed by atoms with Gasteiger partial charge in [0.1, 0.15) is 0 Å². The van der Waals surface area contributed by atoms with Crippen LogP contribution in [-0.4, -0.2) is 49.9 Å². The molecule has 6 aromatic rings. The molecule has 4 aromatic heterocycles. The van der Waals surface area contributed by atoms with Crippen molar-refractivity contribution >= 4 is 38.2 Å². The minimum atomic E-state index is -3.55. The van der Waals surface area contributed by atoms with E-state index < -0.39 is 22.0 Å². The van der Waals surface area contributed by atoms with Crippen molar-refractivity contribution in [1.29, 1.82) is 0 Å². The van der Waals surface area contributed by atoms with Gasteiger partial charge in [0.2, 0.25) is 10.0 Å². The molecule has 0 saturated heterocycles. The summed E-state index contributed by atoms with van der Waals surface area (Å²) in [5.74, 6) is 5.46. The highest BCUT2D eigenvalue weighted by Crippen LogP contribution is 2.25. The number of para-hydroxylation sites is 1. The number of amides is 1. The van der Waals surface area contributed by atoms with Gasteiger partial charge >= 0.3 is 0 Å². The maximum absolute atomic E-state index is 14.3. The summed E-state index contributed by atoms with van der Waals surface area (Å²) in [6.45, 7) is 1.75. The number of aromatic nitrogens is 6. The molecule has 240 valence electrons. The summed E-state index contributed by atoms with van der Waals surface area (Å²) in [4.78, 5) is 40.6. The second-order valence-electron chi connectivity index (χ2n) is 11.0. The molecular weight excluding hydrogens is 631 g/mol. The van der Waals surface area contributed by atoms with Crippen LogP contribution in [0, 0.1) is 11.8 Å². The van der Waals surface area contributed by atoms with E-state index in [9.17, 15) is 18.0 Å². The molecule has 14 heteroatoms. The molecular formula is C34H29N9O4S. The molecule has 0 radical (unpaired) electrons. The molecule has 13 nitrogen and oxygen atoms in total. The number of fused-ring (bicyclic) bond motifs is 1. The number of benzene rings is 2. The fraction of sp³-hybridized carbons (Fsp3) is 0.118. The van der Waals surface area contributed by atoms with Crippen molar-refractivity contribution in [2.75, 3.05) is 16.7 Å². The highest BCUT2D eigenvalue weighted by Gasteiger charge is 2.22. The predicted molar refractivity (Wildman–Crippen MR) is 183 cm³/mol. The van der Waals surface area contributed by atoms with Crippen LogP contribution in [0.2, 0.25) is 0 Å². The molecule has 0 bridgehead atoms. The van der Waals surface area contributed by atoms with E-state index in [1.807, 2.05) is 48.5 Å². The van der Waals surface area contributed by atoms with Gasteiger partial charge < -0.3 is 11.1 Å². The number of nitrogens with zero attached hydrogens (tertiary/aromatic N) is 6. The van der Waals surface area contributed by atoms with Gasteiger partial charge in [-0.05, 0) is 42.6 Å². The second kappa shape index (κ2) is 12.8. The van der Waals surface area contributed by atoms with Gasteiger partial charge in [-0.1, -0.05) is 42.2 Å². The first-order valence-corrected chi connectivity index (χ1v) is 16.5. The zero-order valence-corrected chi connectivity index (χ0v) is 26.9. The van der Waals surface area contributed by atoms with Crippen LogP contribution in [-0.2, 0) is 17.1 Å². The number of nitrogens with one attached hydrogen (secondary N) is 2. The van der Waals surface area contributed by atoms with Crippen LogP contribution in [0.25, 0.3) is 27.7 Å². The van der Waals surface area contributed by atoms with Crippen LogP contribution in [0.5, 0.6) is 0 Å². The van der Waals surface area contributed by atoms with Crippen LogP contribution in [0.15, 0.2) is 96.4 Å². The number of hydrogen-bond acceptors (Lipinski definition) is 9. The topological polar surface area (TPSA) is 180 Å². The zero-order chi connectivity index (χ0) is 34.0. The summed E-state index contributed by atoms with van der Waals surface area (Å²) < 4.78 is 29.0. The van der Waals surface area contributed by atoms with Gasteiger partial charge in [0.05, 0.1) is 53.2 Å². The zero-order valence-electron chi connectivity index (χ0n) is 26.0. The molecule has 1 amide bonds. The van der Waals surface area contributed by atoms with E-state index in [-0.39, 0.29) is 28.5 Å². The first kappa shape index (κ1) is 31.6. The molecule has 0 fully saturated rings. The fourth-order valence-corrected chi connectivity index (χ4v) is 5.71. The van der Waals surface area contributed by atoms with Gasteiger partial charge in [-0.3, -0.25) is 28.5 Å². The first-order valence-electron chi connectivity index (χ1n) is 14.6. The Hall–Kier alpha value is -6.33. The number of pyridine rings is 2. The number of hydrogen-bond donors (Lipinski definition) is 3. The molecule has 4 N–H and O–H groups in total. The average Bonchev–Trinajstić information content (AvgIpc) is 3.48. The van der Waals surface area contributed by atoms with Crippen molar-refractivity contribution in [1.82, 2.24) is 34.6 Å². The number of aryl methyl sites for hydroxylation is 1. The maximum Gasteiger partial charge on any atom is 0.274 e. The average molecular weight is 660 g/mol. The molecule has 6 rings (SSSR count). The number of anilines is 2. The Morgan fingerprint density at radius 2 is 1.79 bits per heavy atom. The molecule has 0 spiro atoms. The van der Waals surface area contributed by atoms with E-state index in [0.717, 1.165) is 6.26 Å². The summed E-state index contributed by atoms with van der Waals surface area (Å²) >= 11 is 0. The molecule has 0 saturated carbocycles. The van der Waals surface area contributed by atoms with E-state index >= 15 is 0 Å². The third-order valence-corrected chi connectivity index (χ3v) is 7.89.